The van der Waals surface area contributed by atoms with E-state index >= 15 is 0 Å². The number of amides is 2. The molecular formula is C13H12IN3O4. The summed E-state index contributed by atoms with van der Waals surface area (Å²) >= 11 is 2.00. The Morgan fingerprint density at radius 3 is 2.95 bits per heavy atom. The number of halogens is 1. The van der Waals surface area contributed by atoms with Gasteiger partial charge < -0.3 is 20.1 Å². The second-order valence-corrected chi connectivity index (χ2v) is 5.61. The third-order valence-corrected chi connectivity index (χ3v) is 3.62. The van der Waals surface area contributed by atoms with Crippen LogP contribution in [0.4, 0.5) is 10.5 Å². The van der Waals surface area contributed by atoms with Gasteiger partial charge in [0.25, 0.3) is 0 Å². The minimum Gasteiger partial charge on any atom is -0.478 e. The van der Waals surface area contributed by atoms with E-state index in [-0.39, 0.29) is 24.4 Å². The van der Waals surface area contributed by atoms with Gasteiger partial charge in [-0.05, 0) is 40.8 Å². The van der Waals surface area contributed by atoms with Crippen molar-refractivity contribution in [1.29, 1.82) is 5.26 Å². The molecule has 0 aliphatic carbocycles. The maximum Gasteiger partial charge on any atom is 0.337 e. The minimum atomic E-state index is -1.11. The van der Waals surface area contributed by atoms with Gasteiger partial charge in [-0.25, -0.2) is 9.59 Å². The van der Waals surface area contributed by atoms with E-state index in [0.717, 1.165) is 3.57 Å². The summed E-state index contributed by atoms with van der Waals surface area (Å²) in [7, 11) is 0. The van der Waals surface area contributed by atoms with Crippen LogP contribution < -0.4 is 5.32 Å². The number of carboxylic acids is 1. The van der Waals surface area contributed by atoms with Crippen molar-refractivity contribution in [3.8, 4) is 6.07 Å². The molecule has 0 bridgehead atoms. The van der Waals surface area contributed by atoms with Gasteiger partial charge in [-0.15, -0.1) is 0 Å². The van der Waals surface area contributed by atoms with Crippen LogP contribution in [0.5, 0.6) is 0 Å². The molecule has 110 valence electrons. The fourth-order valence-corrected chi connectivity index (χ4v) is 2.40. The Morgan fingerprint density at radius 1 is 1.52 bits per heavy atom. The second kappa shape index (κ2) is 6.73. The molecule has 1 aliphatic heterocycles. The number of benzene rings is 1. The van der Waals surface area contributed by atoms with E-state index in [1.165, 1.54) is 11.0 Å². The summed E-state index contributed by atoms with van der Waals surface area (Å²) in [5.41, 5.74) is 0.258. The van der Waals surface area contributed by atoms with E-state index in [4.69, 9.17) is 15.1 Å². The fourth-order valence-electron chi connectivity index (χ4n) is 1.91. The van der Waals surface area contributed by atoms with Gasteiger partial charge in [-0.3, -0.25) is 0 Å². The average molecular weight is 401 g/mol. The SMILES string of the molecule is N#CC1CN(C(=O)Nc2ccc(I)cc2C(=O)O)CCO1. The van der Waals surface area contributed by atoms with Crippen LogP contribution in [0, 0.1) is 14.9 Å². The molecule has 1 unspecified atom stereocenters. The molecule has 1 atom stereocenters. The molecule has 2 amide bonds. The van der Waals surface area contributed by atoms with E-state index in [2.05, 4.69) is 5.32 Å². The van der Waals surface area contributed by atoms with Crippen molar-refractivity contribution < 1.29 is 19.4 Å². The Morgan fingerprint density at radius 2 is 2.29 bits per heavy atom. The second-order valence-electron chi connectivity index (χ2n) is 4.36. The van der Waals surface area contributed by atoms with Gasteiger partial charge in [-0.1, -0.05) is 0 Å². The molecule has 0 saturated carbocycles. The number of nitrogens with one attached hydrogen (secondary N) is 1. The lowest BCUT2D eigenvalue weighted by atomic mass is 10.2. The van der Waals surface area contributed by atoms with Crippen molar-refractivity contribution >= 4 is 40.3 Å². The zero-order valence-corrected chi connectivity index (χ0v) is 13.0. The number of hydrogen-bond donors (Lipinski definition) is 2. The summed E-state index contributed by atoms with van der Waals surface area (Å²) in [6, 6.07) is 6.25. The Hall–Kier alpha value is -1.86. The average Bonchev–Trinajstić information content (AvgIpc) is 2.48. The van der Waals surface area contributed by atoms with Gasteiger partial charge in [0.1, 0.15) is 0 Å². The van der Waals surface area contributed by atoms with Gasteiger partial charge in [0.15, 0.2) is 6.10 Å². The van der Waals surface area contributed by atoms with Crippen LogP contribution in [0.1, 0.15) is 10.4 Å². The quantitative estimate of drug-likeness (QED) is 0.736. The number of morpholine rings is 1. The van der Waals surface area contributed by atoms with Crippen molar-refractivity contribution in [2.45, 2.75) is 6.10 Å². The number of nitriles is 1. The summed E-state index contributed by atoms with van der Waals surface area (Å²) < 4.78 is 5.92. The number of aromatic carboxylic acids is 1. The molecule has 2 N–H and O–H groups in total. The number of anilines is 1. The van der Waals surface area contributed by atoms with Crippen LogP contribution in [-0.4, -0.2) is 47.8 Å². The van der Waals surface area contributed by atoms with Crippen molar-refractivity contribution in [2.24, 2.45) is 0 Å². The molecule has 0 spiro atoms. The predicted molar refractivity (Wildman–Crippen MR) is 82.1 cm³/mol. The molecule has 2 rings (SSSR count). The first-order valence-corrected chi connectivity index (χ1v) is 7.19. The van der Waals surface area contributed by atoms with Gasteiger partial charge in [-0.2, -0.15) is 5.26 Å². The zero-order chi connectivity index (χ0) is 15.4. The first-order valence-electron chi connectivity index (χ1n) is 6.11. The normalized spacial score (nSPS) is 17.9. The maximum absolute atomic E-state index is 12.1. The molecule has 1 heterocycles. The molecule has 0 radical (unpaired) electrons. The molecule has 1 fully saturated rings. The number of carboxylic acid groups (broad SMARTS) is 1. The van der Waals surface area contributed by atoms with Crippen LogP contribution in [0.3, 0.4) is 0 Å². The highest BCUT2D eigenvalue weighted by Gasteiger charge is 2.24. The predicted octanol–water partition coefficient (Wildman–Crippen LogP) is 1.75. The van der Waals surface area contributed by atoms with Crippen LogP contribution >= 0.6 is 22.6 Å². The third-order valence-electron chi connectivity index (χ3n) is 2.95. The van der Waals surface area contributed by atoms with Gasteiger partial charge >= 0.3 is 12.0 Å². The van der Waals surface area contributed by atoms with Crippen LogP contribution in [0.25, 0.3) is 0 Å². The standard InChI is InChI=1S/C13H12IN3O4/c14-8-1-2-11(10(5-8)12(18)19)16-13(20)17-3-4-21-9(6-15)7-17/h1-2,5,9H,3-4,7H2,(H,16,20)(H,18,19). The van der Waals surface area contributed by atoms with Crippen LogP contribution in [-0.2, 0) is 4.74 Å². The first-order chi connectivity index (χ1) is 10.0. The zero-order valence-electron chi connectivity index (χ0n) is 10.9. The van der Waals surface area contributed by atoms with Crippen LogP contribution in [0.15, 0.2) is 18.2 Å². The third kappa shape index (κ3) is 3.83. The Balaban J connectivity index is 2.13. The minimum absolute atomic E-state index is 0.0281. The summed E-state index contributed by atoms with van der Waals surface area (Å²) in [6.45, 7) is 0.802. The van der Waals surface area contributed by atoms with Crippen molar-refractivity contribution in [2.75, 3.05) is 25.0 Å². The number of ether oxygens (including phenoxy) is 1. The Kier molecular flexibility index (Phi) is 4.98. The topological polar surface area (TPSA) is 103 Å². The number of nitrogens with zero attached hydrogens (tertiary/aromatic N) is 2. The molecule has 1 aromatic carbocycles. The smallest absolute Gasteiger partial charge is 0.337 e. The number of carbonyl (C=O) groups is 2. The monoisotopic (exact) mass is 401 g/mol. The summed E-state index contributed by atoms with van der Waals surface area (Å²) in [4.78, 5) is 24.8. The first kappa shape index (κ1) is 15.5. The van der Waals surface area contributed by atoms with E-state index in [9.17, 15) is 9.59 Å². The van der Waals surface area contributed by atoms with E-state index < -0.39 is 18.1 Å². The maximum atomic E-state index is 12.1. The molecular weight excluding hydrogens is 389 g/mol. The fraction of sp³-hybridized carbons (Fsp3) is 0.308. The van der Waals surface area contributed by atoms with E-state index in [0.29, 0.717) is 6.54 Å². The summed E-state index contributed by atoms with van der Waals surface area (Å²) in [6.07, 6.45) is -0.653. The van der Waals surface area contributed by atoms with Crippen LogP contribution in [0.2, 0.25) is 0 Å². The van der Waals surface area contributed by atoms with Crippen molar-refractivity contribution in [3.05, 3.63) is 27.3 Å². The molecule has 7 nitrogen and oxygen atoms in total. The van der Waals surface area contributed by atoms with Crippen molar-refractivity contribution in [1.82, 2.24) is 4.90 Å². The summed E-state index contributed by atoms with van der Waals surface area (Å²) in [5.74, 6) is -1.11. The van der Waals surface area contributed by atoms with Gasteiger partial charge in [0.05, 0.1) is 30.5 Å². The summed E-state index contributed by atoms with van der Waals surface area (Å²) in [5, 5.41) is 20.5. The highest BCUT2D eigenvalue weighted by molar-refractivity contribution is 14.1. The lowest BCUT2D eigenvalue weighted by molar-refractivity contribution is 0.0181. The van der Waals surface area contributed by atoms with Gasteiger partial charge in [0.2, 0.25) is 0 Å². The van der Waals surface area contributed by atoms with Gasteiger partial charge in [0, 0.05) is 10.1 Å². The molecule has 0 aromatic heterocycles. The number of carbonyl (C=O) groups excluding carboxylic acids is 1. The molecule has 1 aliphatic rings. The lowest BCUT2D eigenvalue weighted by Crippen LogP contribution is -2.47. The molecule has 1 aromatic rings. The molecule has 21 heavy (non-hydrogen) atoms. The lowest BCUT2D eigenvalue weighted by Gasteiger charge is -2.29. The number of urea groups is 1. The number of hydrogen-bond acceptors (Lipinski definition) is 4. The highest BCUT2D eigenvalue weighted by Crippen LogP contribution is 2.20. The largest absolute Gasteiger partial charge is 0.478 e. The number of rotatable bonds is 2. The molecule has 1 saturated heterocycles. The Bertz CT molecular complexity index is 614. The molecule has 8 heteroatoms. The van der Waals surface area contributed by atoms with Crippen molar-refractivity contribution in [3.63, 3.8) is 0 Å². The Labute approximate surface area is 134 Å². The van der Waals surface area contributed by atoms with E-state index in [1.54, 1.807) is 12.1 Å². The highest BCUT2D eigenvalue weighted by atomic mass is 127. The van der Waals surface area contributed by atoms with E-state index in [1.807, 2.05) is 28.7 Å².